The van der Waals surface area contributed by atoms with Gasteiger partial charge in [-0.2, -0.15) is 0 Å². The van der Waals surface area contributed by atoms with Crippen molar-refractivity contribution in [1.82, 2.24) is 4.90 Å². The lowest BCUT2D eigenvalue weighted by atomic mass is 9.80. The maximum Gasteiger partial charge on any atom is 0.225 e. The van der Waals surface area contributed by atoms with Crippen LogP contribution in [0.15, 0.2) is 42.5 Å². The SMILES string of the molecule is CN(Cc1ccc2ccccc2c1)C(=O)C1CC(N)C1. The topological polar surface area (TPSA) is 46.3 Å². The number of carbonyl (C=O) groups excluding carboxylic acids is 1. The van der Waals surface area contributed by atoms with Crippen molar-refractivity contribution < 1.29 is 4.79 Å². The molecule has 0 radical (unpaired) electrons. The van der Waals surface area contributed by atoms with E-state index < -0.39 is 0 Å². The Morgan fingerprint density at radius 1 is 1.20 bits per heavy atom. The predicted octanol–water partition coefficient (Wildman–Crippen LogP) is 2.54. The summed E-state index contributed by atoms with van der Waals surface area (Å²) >= 11 is 0. The molecule has 1 aliphatic rings. The van der Waals surface area contributed by atoms with Crippen LogP contribution in [0.4, 0.5) is 0 Å². The number of fused-ring (bicyclic) bond motifs is 1. The molecule has 1 saturated carbocycles. The van der Waals surface area contributed by atoms with Crippen LogP contribution in [0.3, 0.4) is 0 Å². The highest BCUT2D eigenvalue weighted by atomic mass is 16.2. The molecule has 2 aromatic carbocycles. The van der Waals surface area contributed by atoms with E-state index in [1.165, 1.54) is 16.3 Å². The van der Waals surface area contributed by atoms with Gasteiger partial charge in [0, 0.05) is 25.6 Å². The zero-order valence-corrected chi connectivity index (χ0v) is 11.8. The van der Waals surface area contributed by atoms with Gasteiger partial charge in [0.15, 0.2) is 0 Å². The highest BCUT2D eigenvalue weighted by Crippen LogP contribution is 2.27. The second-order valence-corrected chi connectivity index (χ2v) is 5.80. The fourth-order valence-corrected chi connectivity index (χ4v) is 2.86. The minimum atomic E-state index is 0.135. The minimum absolute atomic E-state index is 0.135. The van der Waals surface area contributed by atoms with E-state index in [1.54, 1.807) is 0 Å². The molecule has 1 aliphatic carbocycles. The third-order valence-corrected chi connectivity index (χ3v) is 4.13. The zero-order chi connectivity index (χ0) is 14.1. The van der Waals surface area contributed by atoms with Crippen LogP contribution in [0.5, 0.6) is 0 Å². The van der Waals surface area contributed by atoms with Crippen molar-refractivity contribution in [3.8, 4) is 0 Å². The first-order chi connectivity index (χ1) is 9.63. The van der Waals surface area contributed by atoms with E-state index >= 15 is 0 Å². The van der Waals surface area contributed by atoms with Crippen molar-refractivity contribution in [2.75, 3.05) is 7.05 Å². The van der Waals surface area contributed by atoms with Gasteiger partial charge in [-0.25, -0.2) is 0 Å². The Bertz CT molecular complexity index is 632. The Morgan fingerprint density at radius 3 is 2.60 bits per heavy atom. The Hall–Kier alpha value is -1.87. The maximum absolute atomic E-state index is 12.2. The first-order valence-electron chi connectivity index (χ1n) is 7.12. The quantitative estimate of drug-likeness (QED) is 0.930. The van der Waals surface area contributed by atoms with Gasteiger partial charge in [0.25, 0.3) is 0 Å². The molecule has 0 aromatic heterocycles. The molecule has 2 aromatic rings. The van der Waals surface area contributed by atoms with Crippen molar-refractivity contribution in [3.05, 3.63) is 48.0 Å². The summed E-state index contributed by atoms with van der Waals surface area (Å²) in [5.41, 5.74) is 6.92. The Balaban J connectivity index is 1.70. The monoisotopic (exact) mass is 268 g/mol. The van der Waals surface area contributed by atoms with E-state index in [1.807, 2.05) is 24.1 Å². The molecular formula is C17H20N2O. The zero-order valence-electron chi connectivity index (χ0n) is 11.8. The van der Waals surface area contributed by atoms with Crippen molar-refractivity contribution in [2.24, 2.45) is 11.7 Å². The van der Waals surface area contributed by atoms with Crippen LogP contribution in [-0.4, -0.2) is 23.9 Å². The average molecular weight is 268 g/mol. The molecule has 1 fully saturated rings. The number of hydrogen-bond acceptors (Lipinski definition) is 2. The molecule has 3 nitrogen and oxygen atoms in total. The summed E-state index contributed by atoms with van der Waals surface area (Å²) in [6.07, 6.45) is 1.67. The smallest absolute Gasteiger partial charge is 0.225 e. The van der Waals surface area contributed by atoms with Crippen LogP contribution in [0.1, 0.15) is 18.4 Å². The fourth-order valence-electron chi connectivity index (χ4n) is 2.86. The average Bonchev–Trinajstić information content (AvgIpc) is 2.43. The Labute approximate surface area is 119 Å². The molecule has 2 N–H and O–H groups in total. The lowest BCUT2D eigenvalue weighted by Gasteiger charge is -2.34. The van der Waals surface area contributed by atoms with E-state index in [0.717, 1.165) is 12.8 Å². The van der Waals surface area contributed by atoms with Gasteiger partial charge in [0.05, 0.1) is 0 Å². The molecule has 0 saturated heterocycles. The lowest BCUT2D eigenvalue weighted by Crippen LogP contribution is -2.45. The summed E-state index contributed by atoms with van der Waals surface area (Å²) in [6, 6.07) is 14.9. The van der Waals surface area contributed by atoms with Crippen molar-refractivity contribution >= 4 is 16.7 Å². The summed E-state index contributed by atoms with van der Waals surface area (Å²) in [4.78, 5) is 14.0. The van der Waals surface area contributed by atoms with Gasteiger partial charge >= 0.3 is 0 Å². The summed E-state index contributed by atoms with van der Waals surface area (Å²) in [7, 11) is 1.88. The number of benzene rings is 2. The van der Waals surface area contributed by atoms with Crippen LogP contribution >= 0.6 is 0 Å². The first kappa shape index (κ1) is 13.1. The standard InChI is InChI=1S/C17H20N2O/c1-19(17(20)15-9-16(18)10-15)11-12-6-7-13-4-2-3-5-14(13)8-12/h2-8,15-16H,9-11,18H2,1H3. The van der Waals surface area contributed by atoms with Crippen LogP contribution in [0.25, 0.3) is 10.8 Å². The highest BCUT2D eigenvalue weighted by molar-refractivity contribution is 5.83. The second-order valence-electron chi connectivity index (χ2n) is 5.80. The fraction of sp³-hybridized carbons (Fsp3) is 0.353. The van der Waals surface area contributed by atoms with Crippen molar-refractivity contribution in [1.29, 1.82) is 0 Å². The molecule has 0 heterocycles. The number of rotatable bonds is 3. The molecule has 20 heavy (non-hydrogen) atoms. The normalized spacial score (nSPS) is 21.5. The third kappa shape index (κ3) is 2.54. The van der Waals surface area contributed by atoms with Crippen LogP contribution in [0, 0.1) is 5.92 Å². The van der Waals surface area contributed by atoms with Gasteiger partial charge in [-0.3, -0.25) is 4.79 Å². The molecule has 0 spiro atoms. The van der Waals surface area contributed by atoms with E-state index in [4.69, 9.17) is 5.73 Å². The Morgan fingerprint density at radius 2 is 1.90 bits per heavy atom. The van der Waals surface area contributed by atoms with Gasteiger partial charge in [-0.05, 0) is 35.2 Å². The molecule has 3 rings (SSSR count). The van der Waals surface area contributed by atoms with Gasteiger partial charge in [0.1, 0.15) is 0 Å². The summed E-state index contributed by atoms with van der Waals surface area (Å²) in [6.45, 7) is 0.662. The molecule has 0 bridgehead atoms. The molecule has 1 amide bonds. The lowest BCUT2D eigenvalue weighted by molar-refractivity contribution is -0.137. The van der Waals surface area contributed by atoms with Crippen LogP contribution in [0.2, 0.25) is 0 Å². The maximum atomic E-state index is 12.2. The number of carbonyl (C=O) groups is 1. The summed E-state index contributed by atoms with van der Waals surface area (Å²) < 4.78 is 0. The number of hydrogen-bond donors (Lipinski definition) is 1. The summed E-state index contributed by atoms with van der Waals surface area (Å²) in [5.74, 6) is 0.357. The number of nitrogens with zero attached hydrogens (tertiary/aromatic N) is 1. The van der Waals surface area contributed by atoms with Crippen LogP contribution < -0.4 is 5.73 Å². The highest BCUT2D eigenvalue weighted by Gasteiger charge is 2.33. The first-order valence-corrected chi connectivity index (χ1v) is 7.12. The number of amides is 1. The van der Waals surface area contributed by atoms with Crippen LogP contribution in [-0.2, 0) is 11.3 Å². The largest absolute Gasteiger partial charge is 0.341 e. The van der Waals surface area contributed by atoms with E-state index in [0.29, 0.717) is 6.54 Å². The number of nitrogens with two attached hydrogens (primary N) is 1. The van der Waals surface area contributed by atoms with Gasteiger partial charge in [-0.1, -0.05) is 36.4 Å². The van der Waals surface area contributed by atoms with Crippen molar-refractivity contribution in [3.63, 3.8) is 0 Å². The molecule has 104 valence electrons. The second kappa shape index (κ2) is 5.25. The van der Waals surface area contributed by atoms with Gasteiger partial charge < -0.3 is 10.6 Å². The molecule has 0 unspecified atom stereocenters. The molecular weight excluding hydrogens is 248 g/mol. The van der Waals surface area contributed by atoms with E-state index in [-0.39, 0.29) is 17.9 Å². The van der Waals surface area contributed by atoms with Gasteiger partial charge in [-0.15, -0.1) is 0 Å². The third-order valence-electron chi connectivity index (χ3n) is 4.13. The Kier molecular flexibility index (Phi) is 3.45. The van der Waals surface area contributed by atoms with Gasteiger partial charge in [0.2, 0.25) is 5.91 Å². The molecule has 0 aliphatic heterocycles. The molecule has 0 atom stereocenters. The minimum Gasteiger partial charge on any atom is -0.341 e. The van der Waals surface area contributed by atoms with E-state index in [9.17, 15) is 4.79 Å². The van der Waals surface area contributed by atoms with Crippen molar-refractivity contribution in [2.45, 2.75) is 25.4 Å². The van der Waals surface area contributed by atoms with E-state index in [2.05, 4.69) is 30.3 Å². The predicted molar refractivity (Wildman–Crippen MR) is 81.1 cm³/mol. The summed E-state index contributed by atoms with van der Waals surface area (Å²) in [5, 5.41) is 2.45. The molecule has 3 heteroatoms.